The standard InChI is InChI=1S/C12H15N3S/c1-9-12(15-8-14-9)7-13-10-3-5-11(16-2)6-4-10/h3-6,8,13H,7H2,1-2H3,(H,14,15). The van der Waals surface area contributed by atoms with Crippen molar-refractivity contribution in [1.82, 2.24) is 9.97 Å². The first-order valence-electron chi connectivity index (χ1n) is 5.16. The van der Waals surface area contributed by atoms with E-state index in [-0.39, 0.29) is 0 Å². The lowest BCUT2D eigenvalue weighted by Gasteiger charge is -2.05. The molecule has 1 aromatic carbocycles. The number of nitrogens with one attached hydrogen (secondary N) is 2. The highest BCUT2D eigenvalue weighted by Gasteiger charge is 2.00. The van der Waals surface area contributed by atoms with Crippen molar-refractivity contribution in [2.45, 2.75) is 18.4 Å². The van der Waals surface area contributed by atoms with Gasteiger partial charge >= 0.3 is 0 Å². The molecule has 0 aliphatic heterocycles. The number of hydrogen-bond donors (Lipinski definition) is 2. The molecule has 0 radical (unpaired) electrons. The summed E-state index contributed by atoms with van der Waals surface area (Å²) in [6.07, 6.45) is 3.80. The Morgan fingerprint density at radius 1 is 1.31 bits per heavy atom. The molecule has 1 heterocycles. The van der Waals surface area contributed by atoms with Crippen LogP contribution >= 0.6 is 11.8 Å². The second-order valence-electron chi connectivity index (χ2n) is 3.56. The summed E-state index contributed by atoms with van der Waals surface area (Å²) in [6, 6.07) is 8.41. The first kappa shape index (κ1) is 11.1. The van der Waals surface area contributed by atoms with E-state index in [1.54, 1.807) is 18.1 Å². The number of H-pyrrole nitrogens is 1. The summed E-state index contributed by atoms with van der Waals surface area (Å²) < 4.78 is 0. The second-order valence-corrected chi connectivity index (χ2v) is 4.44. The topological polar surface area (TPSA) is 40.7 Å². The molecule has 0 saturated carbocycles. The van der Waals surface area contributed by atoms with E-state index in [4.69, 9.17) is 0 Å². The lowest BCUT2D eigenvalue weighted by molar-refractivity contribution is 1.05. The third-order valence-corrected chi connectivity index (χ3v) is 3.23. The van der Waals surface area contributed by atoms with Gasteiger partial charge in [-0.25, -0.2) is 4.98 Å². The van der Waals surface area contributed by atoms with Gasteiger partial charge in [-0.15, -0.1) is 11.8 Å². The van der Waals surface area contributed by atoms with Crippen LogP contribution in [0.4, 0.5) is 5.69 Å². The molecule has 0 saturated heterocycles. The molecule has 4 heteroatoms. The van der Waals surface area contributed by atoms with Gasteiger partial charge < -0.3 is 10.3 Å². The monoisotopic (exact) mass is 233 g/mol. The molecule has 0 aliphatic rings. The number of hydrogen-bond acceptors (Lipinski definition) is 3. The van der Waals surface area contributed by atoms with Gasteiger partial charge in [0.1, 0.15) is 0 Å². The molecule has 1 aromatic heterocycles. The molecule has 0 amide bonds. The Labute approximate surface area is 99.7 Å². The molecule has 0 spiro atoms. The summed E-state index contributed by atoms with van der Waals surface area (Å²) in [5.41, 5.74) is 3.31. The molecule has 2 rings (SSSR count). The number of nitrogens with zero attached hydrogens (tertiary/aromatic N) is 1. The fraction of sp³-hybridized carbons (Fsp3) is 0.250. The minimum atomic E-state index is 0.758. The zero-order chi connectivity index (χ0) is 11.4. The SMILES string of the molecule is CSc1ccc(NCc2nc[nH]c2C)cc1. The Balaban J connectivity index is 1.97. The predicted molar refractivity (Wildman–Crippen MR) is 68.9 cm³/mol. The number of aryl methyl sites for hydroxylation is 1. The van der Waals surface area contributed by atoms with Gasteiger partial charge in [0.25, 0.3) is 0 Å². The molecule has 0 aliphatic carbocycles. The highest BCUT2D eigenvalue weighted by atomic mass is 32.2. The van der Waals surface area contributed by atoms with Crippen LogP contribution in [0.1, 0.15) is 11.4 Å². The lowest BCUT2D eigenvalue weighted by atomic mass is 10.3. The maximum Gasteiger partial charge on any atom is 0.0925 e. The van der Waals surface area contributed by atoms with Crippen molar-refractivity contribution in [3.8, 4) is 0 Å². The van der Waals surface area contributed by atoms with Crippen LogP contribution in [-0.2, 0) is 6.54 Å². The van der Waals surface area contributed by atoms with Crippen molar-refractivity contribution in [3.63, 3.8) is 0 Å². The Bertz CT molecular complexity index is 448. The number of benzene rings is 1. The zero-order valence-corrected chi connectivity index (χ0v) is 10.3. The van der Waals surface area contributed by atoms with Gasteiger partial charge in [-0.1, -0.05) is 0 Å². The van der Waals surface area contributed by atoms with E-state index in [1.165, 1.54) is 4.90 Å². The van der Waals surface area contributed by atoms with Crippen molar-refractivity contribution in [2.75, 3.05) is 11.6 Å². The van der Waals surface area contributed by atoms with Crippen LogP contribution in [0.2, 0.25) is 0 Å². The predicted octanol–water partition coefficient (Wildman–Crippen LogP) is 3.05. The number of anilines is 1. The first-order valence-corrected chi connectivity index (χ1v) is 6.39. The molecule has 16 heavy (non-hydrogen) atoms. The van der Waals surface area contributed by atoms with E-state index in [2.05, 4.69) is 45.8 Å². The van der Waals surface area contributed by atoms with Gasteiger partial charge in [0.05, 0.1) is 18.6 Å². The third kappa shape index (κ3) is 2.58. The van der Waals surface area contributed by atoms with Gasteiger partial charge in [-0.3, -0.25) is 0 Å². The third-order valence-electron chi connectivity index (χ3n) is 2.48. The molecule has 84 valence electrons. The number of aromatic amines is 1. The quantitative estimate of drug-likeness (QED) is 0.797. The van der Waals surface area contributed by atoms with E-state index in [0.29, 0.717) is 0 Å². The maximum absolute atomic E-state index is 4.24. The molecular formula is C12H15N3S. The van der Waals surface area contributed by atoms with Gasteiger partial charge in [0.2, 0.25) is 0 Å². The minimum absolute atomic E-state index is 0.758. The summed E-state index contributed by atoms with van der Waals surface area (Å²) in [6.45, 7) is 2.79. The normalized spacial score (nSPS) is 10.4. The molecule has 0 bridgehead atoms. The Morgan fingerprint density at radius 3 is 2.62 bits per heavy atom. The zero-order valence-electron chi connectivity index (χ0n) is 9.45. The average Bonchev–Trinajstić information content (AvgIpc) is 2.73. The molecule has 0 atom stereocenters. The van der Waals surface area contributed by atoms with Crippen LogP contribution < -0.4 is 5.32 Å². The fourth-order valence-electron chi connectivity index (χ4n) is 1.46. The van der Waals surface area contributed by atoms with Crippen molar-refractivity contribution < 1.29 is 0 Å². The summed E-state index contributed by atoms with van der Waals surface area (Å²) >= 11 is 1.75. The van der Waals surface area contributed by atoms with E-state index in [1.807, 2.05) is 6.92 Å². The van der Waals surface area contributed by atoms with Crippen molar-refractivity contribution in [2.24, 2.45) is 0 Å². The fourth-order valence-corrected chi connectivity index (χ4v) is 1.87. The van der Waals surface area contributed by atoms with Gasteiger partial charge in [-0.2, -0.15) is 0 Å². The highest BCUT2D eigenvalue weighted by molar-refractivity contribution is 7.98. The Kier molecular flexibility index (Phi) is 3.51. The van der Waals surface area contributed by atoms with Gasteiger partial charge in [0, 0.05) is 16.3 Å². The molecule has 0 fully saturated rings. The number of imidazole rings is 1. The van der Waals surface area contributed by atoms with Crippen molar-refractivity contribution in [1.29, 1.82) is 0 Å². The summed E-state index contributed by atoms with van der Waals surface area (Å²) in [7, 11) is 0. The molecular weight excluding hydrogens is 218 g/mol. The van der Waals surface area contributed by atoms with Crippen LogP contribution in [0.3, 0.4) is 0 Å². The van der Waals surface area contributed by atoms with Crippen LogP contribution in [0.15, 0.2) is 35.5 Å². The Morgan fingerprint density at radius 2 is 2.06 bits per heavy atom. The minimum Gasteiger partial charge on any atom is -0.379 e. The average molecular weight is 233 g/mol. The molecule has 0 unspecified atom stereocenters. The number of thioether (sulfide) groups is 1. The number of rotatable bonds is 4. The van der Waals surface area contributed by atoms with E-state index in [0.717, 1.165) is 23.6 Å². The lowest BCUT2D eigenvalue weighted by Crippen LogP contribution is -2.00. The van der Waals surface area contributed by atoms with Crippen LogP contribution in [0, 0.1) is 6.92 Å². The first-order chi connectivity index (χ1) is 7.79. The molecule has 3 nitrogen and oxygen atoms in total. The van der Waals surface area contributed by atoms with Crippen LogP contribution in [0.25, 0.3) is 0 Å². The summed E-state index contributed by atoms with van der Waals surface area (Å²) in [5.74, 6) is 0. The van der Waals surface area contributed by atoms with Crippen LogP contribution in [-0.4, -0.2) is 16.2 Å². The maximum atomic E-state index is 4.24. The van der Waals surface area contributed by atoms with E-state index < -0.39 is 0 Å². The van der Waals surface area contributed by atoms with Crippen molar-refractivity contribution in [3.05, 3.63) is 42.0 Å². The Hall–Kier alpha value is -1.42. The largest absolute Gasteiger partial charge is 0.379 e. The van der Waals surface area contributed by atoms with E-state index >= 15 is 0 Å². The smallest absolute Gasteiger partial charge is 0.0925 e. The molecule has 2 N–H and O–H groups in total. The summed E-state index contributed by atoms with van der Waals surface area (Å²) in [5, 5.41) is 3.35. The number of aromatic nitrogens is 2. The summed E-state index contributed by atoms with van der Waals surface area (Å²) in [4.78, 5) is 8.59. The van der Waals surface area contributed by atoms with Crippen LogP contribution in [0.5, 0.6) is 0 Å². The van der Waals surface area contributed by atoms with Gasteiger partial charge in [-0.05, 0) is 37.4 Å². The highest BCUT2D eigenvalue weighted by Crippen LogP contribution is 2.17. The molecule has 2 aromatic rings. The van der Waals surface area contributed by atoms with Crippen molar-refractivity contribution >= 4 is 17.4 Å². The second kappa shape index (κ2) is 5.07. The van der Waals surface area contributed by atoms with E-state index in [9.17, 15) is 0 Å². The van der Waals surface area contributed by atoms with Gasteiger partial charge in [0.15, 0.2) is 0 Å².